The van der Waals surface area contributed by atoms with E-state index in [2.05, 4.69) is 45.1 Å². The predicted molar refractivity (Wildman–Crippen MR) is 75.8 cm³/mol. The van der Waals surface area contributed by atoms with Crippen molar-refractivity contribution < 1.29 is 0 Å². The Morgan fingerprint density at radius 2 is 2.18 bits per heavy atom. The number of nitrogens with zero attached hydrogens (tertiary/aromatic N) is 1. The molecule has 2 atom stereocenters. The van der Waals surface area contributed by atoms with Crippen molar-refractivity contribution in [2.75, 3.05) is 25.0 Å². The van der Waals surface area contributed by atoms with Crippen LogP contribution >= 0.6 is 15.9 Å². The second kappa shape index (κ2) is 5.11. The summed E-state index contributed by atoms with van der Waals surface area (Å²) in [7, 11) is 0. The van der Waals surface area contributed by atoms with E-state index in [4.69, 9.17) is 0 Å². The van der Waals surface area contributed by atoms with Crippen molar-refractivity contribution in [1.82, 2.24) is 4.90 Å². The van der Waals surface area contributed by atoms with Crippen LogP contribution in [0.5, 0.6) is 0 Å². The van der Waals surface area contributed by atoms with Crippen LogP contribution < -0.4 is 0 Å². The molecular weight excluding hydrogens is 274 g/mol. The van der Waals surface area contributed by atoms with Crippen LogP contribution in [0.3, 0.4) is 0 Å². The highest BCUT2D eigenvalue weighted by Gasteiger charge is 2.30. The maximum atomic E-state index is 3.56. The molecule has 0 amide bonds. The summed E-state index contributed by atoms with van der Waals surface area (Å²) in [5.41, 5.74) is 3.19. The van der Waals surface area contributed by atoms with Crippen LogP contribution in [0.2, 0.25) is 0 Å². The minimum absolute atomic E-state index is 0.814. The molecule has 2 unspecified atom stereocenters. The summed E-state index contributed by atoms with van der Waals surface area (Å²) >= 11 is 3.56. The molecule has 1 saturated heterocycles. The molecule has 1 nitrogen and oxygen atoms in total. The van der Waals surface area contributed by atoms with E-state index < -0.39 is 0 Å². The summed E-state index contributed by atoms with van der Waals surface area (Å²) in [6.45, 7) is 3.93. The molecule has 17 heavy (non-hydrogen) atoms. The zero-order valence-electron chi connectivity index (χ0n) is 10.2. The second-order valence-electron chi connectivity index (χ2n) is 5.49. The van der Waals surface area contributed by atoms with E-state index in [-0.39, 0.29) is 0 Å². The first-order chi connectivity index (χ1) is 8.36. The minimum atomic E-state index is 0.814. The monoisotopic (exact) mass is 293 g/mol. The van der Waals surface area contributed by atoms with Crippen LogP contribution in [0.25, 0.3) is 0 Å². The summed E-state index contributed by atoms with van der Waals surface area (Å²) in [5, 5.41) is 1.16. The van der Waals surface area contributed by atoms with E-state index in [1.807, 2.05) is 0 Å². The molecule has 2 heteroatoms. The van der Waals surface area contributed by atoms with Crippen LogP contribution in [0.1, 0.15) is 29.9 Å². The first-order valence-electron chi connectivity index (χ1n) is 6.73. The molecule has 0 spiro atoms. The molecule has 1 aliphatic carbocycles. The van der Waals surface area contributed by atoms with Crippen molar-refractivity contribution in [3.05, 3.63) is 35.4 Å². The van der Waals surface area contributed by atoms with Crippen molar-refractivity contribution in [3.63, 3.8) is 0 Å². The first kappa shape index (κ1) is 11.7. The average molecular weight is 294 g/mol. The Bertz CT molecular complexity index is 390. The fourth-order valence-corrected chi connectivity index (χ4v) is 3.95. The third-order valence-corrected chi connectivity index (χ3v) is 4.78. The molecular formula is C15H20BrN. The number of benzene rings is 1. The van der Waals surface area contributed by atoms with Crippen molar-refractivity contribution in [1.29, 1.82) is 0 Å². The van der Waals surface area contributed by atoms with E-state index in [1.165, 1.54) is 38.9 Å². The van der Waals surface area contributed by atoms with Crippen LogP contribution in [0, 0.1) is 5.92 Å². The summed E-state index contributed by atoms with van der Waals surface area (Å²) in [5.74, 6) is 1.75. The number of halogens is 1. The van der Waals surface area contributed by atoms with Crippen molar-refractivity contribution in [2.24, 2.45) is 5.92 Å². The summed E-state index contributed by atoms with van der Waals surface area (Å²) in [6.07, 6.45) is 4.05. The Morgan fingerprint density at radius 1 is 1.29 bits per heavy atom. The maximum Gasteiger partial charge on any atom is 0.00537 e. The lowest BCUT2D eigenvalue weighted by Gasteiger charge is -2.33. The molecule has 0 radical (unpaired) electrons. The third-order valence-electron chi connectivity index (χ3n) is 4.33. The largest absolute Gasteiger partial charge is 0.302 e. The van der Waals surface area contributed by atoms with Crippen molar-refractivity contribution in [3.8, 4) is 0 Å². The van der Waals surface area contributed by atoms with Gasteiger partial charge in [0.05, 0.1) is 0 Å². The van der Waals surface area contributed by atoms with Gasteiger partial charge >= 0.3 is 0 Å². The fraction of sp³-hybridized carbons (Fsp3) is 0.600. The van der Waals surface area contributed by atoms with Crippen LogP contribution in [0.15, 0.2) is 24.3 Å². The molecule has 0 saturated carbocycles. The number of likely N-dealkylation sites (tertiary alicyclic amines) is 1. The molecule has 1 heterocycles. The zero-order valence-corrected chi connectivity index (χ0v) is 11.8. The molecule has 1 aromatic rings. The lowest BCUT2D eigenvalue weighted by atomic mass is 9.77. The number of hydrogen-bond acceptors (Lipinski definition) is 1. The number of alkyl halides is 1. The highest BCUT2D eigenvalue weighted by atomic mass is 79.9. The highest BCUT2D eigenvalue weighted by Crippen LogP contribution is 2.36. The quantitative estimate of drug-likeness (QED) is 0.769. The van der Waals surface area contributed by atoms with E-state index in [0.29, 0.717) is 0 Å². The average Bonchev–Trinajstić information content (AvgIpc) is 2.74. The van der Waals surface area contributed by atoms with Gasteiger partial charge in [-0.05, 0) is 42.9 Å². The SMILES string of the molecule is BrCCC1CCN(CC2Cc3ccccc32)C1. The molecule has 0 aromatic heterocycles. The predicted octanol–water partition coefficient (Wildman–Crippen LogP) is 3.43. The van der Waals surface area contributed by atoms with E-state index in [0.717, 1.165) is 17.2 Å². The fourth-order valence-electron chi connectivity index (χ4n) is 3.31. The van der Waals surface area contributed by atoms with Gasteiger partial charge in [-0.15, -0.1) is 0 Å². The van der Waals surface area contributed by atoms with Gasteiger partial charge in [-0.1, -0.05) is 40.2 Å². The number of rotatable bonds is 4. The summed E-state index contributed by atoms with van der Waals surface area (Å²) in [6, 6.07) is 8.94. The summed E-state index contributed by atoms with van der Waals surface area (Å²) in [4.78, 5) is 2.67. The van der Waals surface area contributed by atoms with Gasteiger partial charge in [0, 0.05) is 24.3 Å². The lowest BCUT2D eigenvalue weighted by Crippen LogP contribution is -2.32. The van der Waals surface area contributed by atoms with Gasteiger partial charge in [0.25, 0.3) is 0 Å². The van der Waals surface area contributed by atoms with Crippen molar-refractivity contribution in [2.45, 2.75) is 25.2 Å². The Hall–Kier alpha value is -0.340. The molecule has 0 bridgehead atoms. The van der Waals surface area contributed by atoms with Gasteiger partial charge in [0.1, 0.15) is 0 Å². The molecule has 1 fully saturated rings. The highest BCUT2D eigenvalue weighted by molar-refractivity contribution is 9.09. The van der Waals surface area contributed by atoms with Gasteiger partial charge in [0.2, 0.25) is 0 Å². The molecule has 92 valence electrons. The topological polar surface area (TPSA) is 3.24 Å². The smallest absolute Gasteiger partial charge is 0.00537 e. The van der Waals surface area contributed by atoms with Gasteiger partial charge < -0.3 is 4.90 Å². The molecule has 1 aromatic carbocycles. The van der Waals surface area contributed by atoms with E-state index >= 15 is 0 Å². The van der Waals surface area contributed by atoms with Crippen molar-refractivity contribution >= 4 is 15.9 Å². The van der Waals surface area contributed by atoms with Gasteiger partial charge in [-0.25, -0.2) is 0 Å². The Balaban J connectivity index is 1.53. The molecule has 3 rings (SSSR count). The number of fused-ring (bicyclic) bond motifs is 1. The lowest BCUT2D eigenvalue weighted by molar-refractivity contribution is 0.289. The van der Waals surface area contributed by atoms with Crippen LogP contribution in [0.4, 0.5) is 0 Å². The molecule has 0 N–H and O–H groups in total. The van der Waals surface area contributed by atoms with Gasteiger partial charge in [-0.3, -0.25) is 0 Å². The van der Waals surface area contributed by atoms with E-state index in [1.54, 1.807) is 11.1 Å². The Morgan fingerprint density at radius 3 is 3.00 bits per heavy atom. The molecule has 2 aliphatic rings. The third kappa shape index (κ3) is 2.43. The summed E-state index contributed by atoms with van der Waals surface area (Å²) < 4.78 is 0. The molecule has 1 aliphatic heterocycles. The number of hydrogen-bond donors (Lipinski definition) is 0. The second-order valence-corrected chi connectivity index (χ2v) is 6.28. The van der Waals surface area contributed by atoms with E-state index in [9.17, 15) is 0 Å². The minimum Gasteiger partial charge on any atom is -0.302 e. The Kier molecular flexibility index (Phi) is 3.53. The first-order valence-corrected chi connectivity index (χ1v) is 7.85. The van der Waals surface area contributed by atoms with Gasteiger partial charge in [-0.2, -0.15) is 0 Å². The zero-order chi connectivity index (χ0) is 11.7. The standard InChI is InChI=1S/C15H20BrN/c16-7-5-12-6-8-17(10-12)11-14-9-13-3-1-2-4-15(13)14/h1-4,12,14H,5-11H2. The maximum absolute atomic E-state index is 3.56. The van der Waals surface area contributed by atoms with Crippen LogP contribution in [-0.4, -0.2) is 29.9 Å². The normalized spacial score (nSPS) is 27.8. The van der Waals surface area contributed by atoms with Gasteiger partial charge in [0.15, 0.2) is 0 Å². The Labute approximate surface area is 112 Å². The van der Waals surface area contributed by atoms with Crippen LogP contribution in [-0.2, 0) is 6.42 Å².